The van der Waals surface area contributed by atoms with Gasteiger partial charge in [-0.05, 0) is 35.4 Å². The van der Waals surface area contributed by atoms with Crippen LogP contribution < -0.4 is 0 Å². The summed E-state index contributed by atoms with van der Waals surface area (Å²) < 4.78 is 1.59. The molecule has 0 aromatic carbocycles. The van der Waals surface area contributed by atoms with E-state index in [9.17, 15) is 4.79 Å². The van der Waals surface area contributed by atoms with E-state index >= 15 is 0 Å². The zero-order chi connectivity index (χ0) is 14.7. The fourth-order valence-electron chi connectivity index (χ4n) is 1.85. The maximum atomic E-state index is 12.0. The average molecular weight is 310 g/mol. The number of hydrogen-bond donors (Lipinski definition) is 0. The number of carbonyl (C=O) groups is 1. The molecule has 2 aromatic rings. The molecule has 0 fully saturated rings. The molecule has 0 saturated carbocycles. The Bertz CT molecular complexity index is 631. The number of amides is 1. The molecule has 0 radical (unpaired) electrons. The number of aryl methyl sites for hydroxylation is 2. The van der Waals surface area contributed by atoms with Crippen LogP contribution in [0.15, 0.2) is 22.9 Å². The summed E-state index contributed by atoms with van der Waals surface area (Å²) in [6, 6.07) is 2.01. The molecule has 0 aliphatic carbocycles. The van der Waals surface area contributed by atoms with Crippen molar-refractivity contribution in [2.75, 3.05) is 7.05 Å². The molecule has 2 rings (SSSR count). The molecule has 4 nitrogen and oxygen atoms in total. The van der Waals surface area contributed by atoms with Crippen molar-refractivity contribution in [1.29, 1.82) is 0 Å². The minimum atomic E-state index is -0.0597. The molecular formula is C14H16ClN3OS. The van der Waals surface area contributed by atoms with Crippen LogP contribution in [0.2, 0.25) is 5.15 Å². The van der Waals surface area contributed by atoms with E-state index < -0.39 is 0 Å². The number of aromatic nitrogens is 2. The van der Waals surface area contributed by atoms with Gasteiger partial charge in [-0.3, -0.25) is 9.48 Å². The molecule has 0 aliphatic heterocycles. The van der Waals surface area contributed by atoms with Crippen molar-refractivity contribution in [2.45, 2.75) is 13.5 Å². The molecular weight excluding hydrogens is 294 g/mol. The Morgan fingerprint density at radius 1 is 1.60 bits per heavy atom. The molecule has 2 aromatic heterocycles. The van der Waals surface area contributed by atoms with Crippen molar-refractivity contribution in [3.8, 4) is 0 Å². The highest BCUT2D eigenvalue weighted by atomic mass is 35.5. The zero-order valence-corrected chi connectivity index (χ0v) is 13.2. The van der Waals surface area contributed by atoms with E-state index in [1.54, 1.807) is 41.1 Å². The molecule has 0 spiro atoms. The van der Waals surface area contributed by atoms with E-state index in [0.717, 1.165) is 16.8 Å². The van der Waals surface area contributed by atoms with Crippen LogP contribution in [0.4, 0.5) is 0 Å². The number of likely N-dealkylation sites (N-methyl/N-ethyl adjacent to an activating group) is 1. The summed E-state index contributed by atoms with van der Waals surface area (Å²) in [6.07, 6.45) is 3.25. The van der Waals surface area contributed by atoms with Gasteiger partial charge in [0.1, 0.15) is 5.15 Å². The monoisotopic (exact) mass is 309 g/mol. The van der Waals surface area contributed by atoms with E-state index in [2.05, 4.69) is 5.10 Å². The van der Waals surface area contributed by atoms with Crippen molar-refractivity contribution in [2.24, 2.45) is 7.05 Å². The van der Waals surface area contributed by atoms with Gasteiger partial charge < -0.3 is 4.90 Å². The Balaban J connectivity index is 2.05. The number of halogens is 1. The second-order valence-electron chi connectivity index (χ2n) is 4.57. The van der Waals surface area contributed by atoms with Crippen LogP contribution in [0.5, 0.6) is 0 Å². The van der Waals surface area contributed by atoms with Crippen molar-refractivity contribution >= 4 is 34.9 Å². The predicted molar refractivity (Wildman–Crippen MR) is 82.8 cm³/mol. The van der Waals surface area contributed by atoms with Crippen molar-refractivity contribution < 1.29 is 4.79 Å². The fraction of sp³-hybridized carbons (Fsp3) is 0.286. The first-order valence-electron chi connectivity index (χ1n) is 6.12. The van der Waals surface area contributed by atoms with E-state index in [0.29, 0.717) is 11.7 Å². The lowest BCUT2D eigenvalue weighted by Crippen LogP contribution is -2.23. The van der Waals surface area contributed by atoms with Gasteiger partial charge >= 0.3 is 0 Å². The second kappa shape index (κ2) is 6.24. The Morgan fingerprint density at radius 3 is 2.90 bits per heavy atom. The van der Waals surface area contributed by atoms with Crippen LogP contribution >= 0.6 is 22.9 Å². The SMILES string of the molecule is Cc1nn(C)c(Cl)c1/C=C\C(=O)N(C)Cc1ccsc1. The lowest BCUT2D eigenvalue weighted by molar-refractivity contribution is -0.125. The highest BCUT2D eigenvalue weighted by Gasteiger charge is 2.10. The van der Waals surface area contributed by atoms with Gasteiger partial charge in [0.15, 0.2) is 0 Å². The predicted octanol–water partition coefficient (Wildman–Crippen LogP) is 3.12. The van der Waals surface area contributed by atoms with E-state index in [4.69, 9.17) is 11.6 Å². The Kier molecular flexibility index (Phi) is 4.62. The standard InChI is InChI=1S/C14H16ClN3OS/c1-10-12(14(15)18(3)16-10)4-5-13(19)17(2)8-11-6-7-20-9-11/h4-7,9H,8H2,1-3H3/b5-4-. The highest BCUT2D eigenvalue weighted by molar-refractivity contribution is 7.07. The summed E-state index contributed by atoms with van der Waals surface area (Å²) in [4.78, 5) is 13.7. The summed E-state index contributed by atoms with van der Waals surface area (Å²) >= 11 is 7.74. The molecule has 2 heterocycles. The van der Waals surface area contributed by atoms with Crippen molar-refractivity contribution in [3.63, 3.8) is 0 Å². The third kappa shape index (κ3) is 3.29. The molecule has 20 heavy (non-hydrogen) atoms. The first-order chi connectivity index (χ1) is 9.49. The molecule has 0 atom stereocenters. The van der Waals surface area contributed by atoms with Gasteiger partial charge in [0.2, 0.25) is 5.91 Å². The van der Waals surface area contributed by atoms with Gasteiger partial charge in [0, 0.05) is 32.3 Å². The lowest BCUT2D eigenvalue weighted by Gasteiger charge is -2.13. The Hall–Kier alpha value is -1.59. The minimum Gasteiger partial charge on any atom is -0.338 e. The average Bonchev–Trinajstić information content (AvgIpc) is 2.98. The summed E-state index contributed by atoms with van der Waals surface area (Å²) in [7, 11) is 3.55. The maximum Gasteiger partial charge on any atom is 0.246 e. The molecule has 0 aliphatic rings. The fourth-order valence-corrected chi connectivity index (χ4v) is 2.75. The minimum absolute atomic E-state index is 0.0597. The van der Waals surface area contributed by atoms with Crippen molar-refractivity contribution in [3.05, 3.63) is 44.9 Å². The van der Waals surface area contributed by atoms with Gasteiger partial charge in [-0.25, -0.2) is 0 Å². The van der Waals surface area contributed by atoms with Crippen LogP contribution in [0, 0.1) is 6.92 Å². The third-order valence-corrected chi connectivity index (χ3v) is 4.15. The van der Waals surface area contributed by atoms with Gasteiger partial charge in [-0.1, -0.05) is 11.6 Å². The van der Waals surface area contributed by atoms with Crippen LogP contribution in [-0.2, 0) is 18.4 Å². The number of hydrogen-bond acceptors (Lipinski definition) is 3. The van der Waals surface area contributed by atoms with Gasteiger partial charge in [0.05, 0.1) is 5.69 Å². The molecule has 6 heteroatoms. The van der Waals surface area contributed by atoms with E-state index in [1.807, 2.05) is 23.8 Å². The molecule has 0 N–H and O–H groups in total. The summed E-state index contributed by atoms with van der Waals surface area (Å²) in [5.41, 5.74) is 2.73. The topological polar surface area (TPSA) is 38.1 Å². The van der Waals surface area contributed by atoms with E-state index in [1.165, 1.54) is 6.08 Å². The van der Waals surface area contributed by atoms with Gasteiger partial charge in [-0.2, -0.15) is 16.4 Å². The highest BCUT2D eigenvalue weighted by Crippen LogP contribution is 2.20. The number of nitrogens with zero attached hydrogens (tertiary/aromatic N) is 3. The quantitative estimate of drug-likeness (QED) is 0.814. The van der Waals surface area contributed by atoms with Crippen molar-refractivity contribution in [1.82, 2.24) is 14.7 Å². The number of carbonyl (C=O) groups excluding carboxylic acids is 1. The zero-order valence-electron chi connectivity index (χ0n) is 11.6. The first-order valence-corrected chi connectivity index (χ1v) is 7.44. The summed E-state index contributed by atoms with van der Waals surface area (Å²) in [5.74, 6) is -0.0597. The van der Waals surface area contributed by atoms with Crippen LogP contribution in [0.1, 0.15) is 16.8 Å². The third-order valence-electron chi connectivity index (χ3n) is 2.96. The van der Waals surface area contributed by atoms with Crippen LogP contribution in [0.3, 0.4) is 0 Å². The Labute approximate surface area is 127 Å². The van der Waals surface area contributed by atoms with Crippen LogP contribution in [0.25, 0.3) is 6.08 Å². The second-order valence-corrected chi connectivity index (χ2v) is 5.71. The molecule has 0 saturated heterocycles. The number of thiophene rings is 1. The maximum absolute atomic E-state index is 12.0. The largest absolute Gasteiger partial charge is 0.338 e. The Morgan fingerprint density at radius 2 is 2.35 bits per heavy atom. The molecule has 0 unspecified atom stereocenters. The first kappa shape index (κ1) is 14.8. The van der Waals surface area contributed by atoms with Crippen LogP contribution in [-0.4, -0.2) is 27.6 Å². The van der Waals surface area contributed by atoms with E-state index in [-0.39, 0.29) is 5.91 Å². The number of rotatable bonds is 4. The smallest absolute Gasteiger partial charge is 0.246 e. The van der Waals surface area contributed by atoms with Gasteiger partial charge in [0.25, 0.3) is 0 Å². The van der Waals surface area contributed by atoms with Gasteiger partial charge in [-0.15, -0.1) is 0 Å². The summed E-state index contributed by atoms with van der Waals surface area (Å²) in [6.45, 7) is 2.47. The molecule has 106 valence electrons. The normalized spacial score (nSPS) is 11.2. The summed E-state index contributed by atoms with van der Waals surface area (Å²) in [5, 5.41) is 8.78. The molecule has 0 bridgehead atoms. The molecule has 1 amide bonds. The lowest BCUT2D eigenvalue weighted by atomic mass is 10.2.